The molecule has 17 heavy (non-hydrogen) atoms. The monoisotopic (exact) mass is 299 g/mol. The van der Waals surface area contributed by atoms with Gasteiger partial charge >= 0.3 is 0 Å². The van der Waals surface area contributed by atoms with Crippen LogP contribution < -0.4 is 5.32 Å². The van der Waals surface area contributed by atoms with Gasteiger partial charge < -0.3 is 9.73 Å². The van der Waals surface area contributed by atoms with Gasteiger partial charge in [-0.2, -0.15) is 0 Å². The molecule has 3 heteroatoms. The van der Waals surface area contributed by atoms with E-state index in [1.165, 1.54) is 44.9 Å². The Morgan fingerprint density at radius 1 is 1.41 bits per heavy atom. The van der Waals surface area contributed by atoms with Crippen LogP contribution in [0.2, 0.25) is 0 Å². The highest BCUT2D eigenvalue weighted by molar-refractivity contribution is 9.10. The molecule has 1 aliphatic carbocycles. The SMILES string of the molecule is CNC(CCC1CCCCC1)c1occc1Br. The Morgan fingerprint density at radius 3 is 2.76 bits per heavy atom. The van der Waals surface area contributed by atoms with E-state index in [1.54, 1.807) is 6.26 Å². The van der Waals surface area contributed by atoms with Crippen molar-refractivity contribution in [1.82, 2.24) is 5.32 Å². The fourth-order valence-electron chi connectivity index (χ4n) is 2.84. The van der Waals surface area contributed by atoms with Crippen LogP contribution in [-0.4, -0.2) is 7.05 Å². The quantitative estimate of drug-likeness (QED) is 0.855. The van der Waals surface area contributed by atoms with Crippen molar-refractivity contribution in [2.45, 2.75) is 51.0 Å². The molecular formula is C14H22BrNO. The van der Waals surface area contributed by atoms with Crippen LogP contribution >= 0.6 is 15.9 Å². The van der Waals surface area contributed by atoms with Crippen molar-refractivity contribution in [3.05, 3.63) is 22.6 Å². The van der Waals surface area contributed by atoms with E-state index in [9.17, 15) is 0 Å². The van der Waals surface area contributed by atoms with E-state index in [4.69, 9.17) is 4.42 Å². The summed E-state index contributed by atoms with van der Waals surface area (Å²) in [5, 5.41) is 3.36. The maximum atomic E-state index is 5.55. The van der Waals surface area contributed by atoms with Crippen LogP contribution in [0.15, 0.2) is 21.2 Å². The molecule has 0 bridgehead atoms. The second kappa shape index (κ2) is 6.60. The predicted molar refractivity (Wildman–Crippen MR) is 74.0 cm³/mol. The minimum atomic E-state index is 0.348. The molecule has 1 heterocycles. The summed E-state index contributed by atoms with van der Waals surface area (Å²) in [5.41, 5.74) is 0. The van der Waals surface area contributed by atoms with E-state index >= 15 is 0 Å². The van der Waals surface area contributed by atoms with Crippen molar-refractivity contribution in [3.63, 3.8) is 0 Å². The third-order valence-electron chi connectivity index (χ3n) is 3.90. The fraction of sp³-hybridized carbons (Fsp3) is 0.714. The molecule has 1 N–H and O–H groups in total. The Morgan fingerprint density at radius 2 is 2.18 bits per heavy atom. The van der Waals surface area contributed by atoms with Crippen molar-refractivity contribution in [2.24, 2.45) is 5.92 Å². The summed E-state index contributed by atoms with van der Waals surface area (Å²) in [5.74, 6) is 1.98. The maximum absolute atomic E-state index is 5.55. The number of hydrogen-bond acceptors (Lipinski definition) is 2. The largest absolute Gasteiger partial charge is 0.466 e. The summed E-state index contributed by atoms with van der Waals surface area (Å²) in [6, 6.07) is 2.32. The van der Waals surface area contributed by atoms with Crippen molar-refractivity contribution in [2.75, 3.05) is 7.05 Å². The zero-order valence-electron chi connectivity index (χ0n) is 10.5. The molecule has 1 aromatic heterocycles. The van der Waals surface area contributed by atoms with Crippen LogP contribution in [0.25, 0.3) is 0 Å². The molecule has 2 rings (SSSR count). The maximum Gasteiger partial charge on any atom is 0.134 e. The number of rotatable bonds is 5. The van der Waals surface area contributed by atoms with Crippen molar-refractivity contribution >= 4 is 15.9 Å². The normalized spacial score (nSPS) is 19.4. The first-order valence-electron chi connectivity index (χ1n) is 6.71. The van der Waals surface area contributed by atoms with E-state index in [0.29, 0.717) is 6.04 Å². The molecule has 0 aliphatic heterocycles. The lowest BCUT2D eigenvalue weighted by Gasteiger charge is -2.23. The van der Waals surface area contributed by atoms with Gasteiger partial charge in [0.2, 0.25) is 0 Å². The van der Waals surface area contributed by atoms with Gasteiger partial charge in [-0.05, 0) is 47.8 Å². The molecule has 2 nitrogen and oxygen atoms in total. The Kier molecular flexibility index (Phi) is 5.11. The lowest BCUT2D eigenvalue weighted by atomic mass is 9.85. The average molecular weight is 300 g/mol. The number of hydrogen-bond donors (Lipinski definition) is 1. The molecule has 1 fully saturated rings. The van der Waals surface area contributed by atoms with Crippen LogP contribution in [0.4, 0.5) is 0 Å². The molecule has 96 valence electrons. The van der Waals surface area contributed by atoms with Gasteiger partial charge in [0.25, 0.3) is 0 Å². The van der Waals surface area contributed by atoms with Gasteiger partial charge in [-0.25, -0.2) is 0 Å². The second-order valence-electron chi connectivity index (χ2n) is 5.06. The summed E-state index contributed by atoms with van der Waals surface area (Å²) in [6.07, 6.45) is 11.4. The predicted octanol–water partition coefficient (Wildman–Crippen LogP) is 4.66. The number of halogens is 1. The molecule has 0 spiro atoms. The van der Waals surface area contributed by atoms with E-state index in [0.717, 1.165) is 16.2 Å². The first-order valence-corrected chi connectivity index (χ1v) is 7.50. The van der Waals surface area contributed by atoms with Crippen LogP contribution in [-0.2, 0) is 0 Å². The van der Waals surface area contributed by atoms with Gasteiger partial charge in [0, 0.05) is 0 Å². The molecular weight excluding hydrogens is 278 g/mol. The van der Waals surface area contributed by atoms with Crippen molar-refractivity contribution in [3.8, 4) is 0 Å². The van der Waals surface area contributed by atoms with E-state index in [-0.39, 0.29) is 0 Å². The Bertz CT molecular complexity index is 331. The molecule has 0 saturated heterocycles. The highest BCUT2D eigenvalue weighted by Crippen LogP contribution is 2.32. The first-order chi connectivity index (χ1) is 8.31. The van der Waals surface area contributed by atoms with Gasteiger partial charge in [-0.3, -0.25) is 0 Å². The zero-order valence-corrected chi connectivity index (χ0v) is 12.1. The van der Waals surface area contributed by atoms with Gasteiger partial charge in [0.1, 0.15) is 5.76 Å². The first kappa shape index (κ1) is 13.2. The average Bonchev–Trinajstić information content (AvgIpc) is 2.78. The Hall–Kier alpha value is -0.280. The van der Waals surface area contributed by atoms with Crippen molar-refractivity contribution < 1.29 is 4.42 Å². The standard InChI is InChI=1S/C14H22BrNO/c1-16-13(14-12(15)9-10-17-14)8-7-11-5-3-2-4-6-11/h9-11,13,16H,2-8H2,1H3. The smallest absolute Gasteiger partial charge is 0.134 e. The minimum Gasteiger partial charge on any atom is -0.466 e. The number of nitrogens with one attached hydrogen (secondary N) is 1. The summed E-state index contributed by atoms with van der Waals surface area (Å²) in [7, 11) is 2.01. The molecule has 1 aliphatic rings. The lowest BCUT2D eigenvalue weighted by Crippen LogP contribution is -2.18. The highest BCUT2D eigenvalue weighted by Gasteiger charge is 2.19. The van der Waals surface area contributed by atoms with Crippen LogP contribution in [0.5, 0.6) is 0 Å². The molecule has 1 atom stereocenters. The van der Waals surface area contributed by atoms with Gasteiger partial charge in [0.05, 0.1) is 16.8 Å². The molecule has 1 unspecified atom stereocenters. The zero-order chi connectivity index (χ0) is 12.1. The molecule has 0 aromatic carbocycles. The van der Waals surface area contributed by atoms with E-state index < -0.39 is 0 Å². The fourth-order valence-corrected chi connectivity index (χ4v) is 3.32. The summed E-state index contributed by atoms with van der Waals surface area (Å²) in [6.45, 7) is 0. The van der Waals surface area contributed by atoms with E-state index in [2.05, 4.69) is 21.2 Å². The van der Waals surface area contributed by atoms with Crippen molar-refractivity contribution in [1.29, 1.82) is 0 Å². The summed E-state index contributed by atoms with van der Waals surface area (Å²) in [4.78, 5) is 0. The van der Waals surface area contributed by atoms with Crippen LogP contribution in [0.3, 0.4) is 0 Å². The lowest BCUT2D eigenvalue weighted by molar-refractivity contribution is 0.305. The molecule has 0 radical (unpaired) electrons. The van der Waals surface area contributed by atoms with Crippen LogP contribution in [0.1, 0.15) is 56.7 Å². The third-order valence-corrected chi connectivity index (χ3v) is 4.55. The highest BCUT2D eigenvalue weighted by atomic mass is 79.9. The molecule has 0 amide bonds. The summed E-state index contributed by atoms with van der Waals surface area (Å²) >= 11 is 3.54. The molecule has 1 saturated carbocycles. The van der Waals surface area contributed by atoms with Crippen LogP contribution in [0, 0.1) is 5.92 Å². The summed E-state index contributed by atoms with van der Waals surface area (Å²) < 4.78 is 6.63. The van der Waals surface area contributed by atoms with Gasteiger partial charge in [0.15, 0.2) is 0 Å². The molecule has 1 aromatic rings. The Balaban J connectivity index is 1.85. The van der Waals surface area contributed by atoms with Gasteiger partial charge in [-0.1, -0.05) is 32.1 Å². The van der Waals surface area contributed by atoms with E-state index in [1.807, 2.05) is 13.1 Å². The third kappa shape index (κ3) is 3.59. The topological polar surface area (TPSA) is 25.2 Å². The minimum absolute atomic E-state index is 0.348. The second-order valence-corrected chi connectivity index (χ2v) is 5.91. The van der Waals surface area contributed by atoms with Gasteiger partial charge in [-0.15, -0.1) is 0 Å². The number of furan rings is 1. The Labute approximate surface area is 112 Å².